The Hall–Kier alpha value is -0.0800. The van der Waals surface area contributed by atoms with E-state index in [4.69, 9.17) is 5.26 Å². The summed E-state index contributed by atoms with van der Waals surface area (Å²) in [6.45, 7) is 8.62. The van der Waals surface area contributed by atoms with Crippen LogP contribution in [0.4, 0.5) is 0 Å². The van der Waals surface area contributed by atoms with Crippen molar-refractivity contribution in [3.8, 4) is 5.81 Å². The number of rotatable bonds is 3. The maximum Gasteiger partial charge on any atom is 0.238 e. The van der Waals surface area contributed by atoms with Gasteiger partial charge < -0.3 is 0 Å². The van der Waals surface area contributed by atoms with Crippen LogP contribution < -0.4 is 0 Å². The Morgan fingerprint density at radius 3 is 1.70 bits per heavy atom. The Labute approximate surface area is 64.8 Å². The van der Waals surface area contributed by atoms with Crippen molar-refractivity contribution in [2.24, 2.45) is 0 Å². The molecule has 2 heteroatoms. The second-order valence-corrected chi connectivity index (χ2v) is 7.43. The fourth-order valence-electron chi connectivity index (χ4n) is 1.21. The van der Waals surface area contributed by atoms with Crippen LogP contribution in [0, 0.1) is 11.1 Å². The fourth-order valence-corrected chi connectivity index (χ4v) is 3.63. The van der Waals surface area contributed by atoms with E-state index in [0.29, 0.717) is 5.66 Å². The Kier molecular flexibility index (Phi) is 3.91. The van der Waals surface area contributed by atoms with Gasteiger partial charge in [-0.25, -0.2) is 0 Å². The standard InChI is InChI=1S/C8H17NP/c1-5-10(6-2,7-9)8(3)4/h8H,5-6H2,1-4H3/q+1. The molecule has 0 aliphatic carbocycles. The topological polar surface area (TPSA) is 23.8 Å². The summed E-state index contributed by atoms with van der Waals surface area (Å²) in [4.78, 5) is 0. The summed E-state index contributed by atoms with van der Waals surface area (Å²) in [5.41, 5.74) is 0.590. The van der Waals surface area contributed by atoms with Gasteiger partial charge in [-0.1, -0.05) is 0 Å². The Morgan fingerprint density at radius 2 is 1.70 bits per heavy atom. The van der Waals surface area contributed by atoms with Gasteiger partial charge in [-0.15, -0.1) is 0 Å². The summed E-state index contributed by atoms with van der Waals surface area (Å²) in [5, 5.41) is 8.95. The lowest BCUT2D eigenvalue weighted by Gasteiger charge is -2.18. The zero-order chi connectivity index (χ0) is 8.20. The van der Waals surface area contributed by atoms with E-state index >= 15 is 0 Å². The van der Waals surface area contributed by atoms with Crippen LogP contribution in [0.3, 0.4) is 0 Å². The molecule has 0 bridgehead atoms. The van der Waals surface area contributed by atoms with Crippen LogP contribution in [0.5, 0.6) is 0 Å². The second kappa shape index (κ2) is 3.94. The van der Waals surface area contributed by atoms with E-state index in [9.17, 15) is 0 Å². The molecule has 0 aromatic heterocycles. The van der Waals surface area contributed by atoms with E-state index in [-0.39, 0.29) is 0 Å². The summed E-state index contributed by atoms with van der Waals surface area (Å²) in [5.74, 6) is 2.53. The van der Waals surface area contributed by atoms with Gasteiger partial charge >= 0.3 is 0 Å². The van der Waals surface area contributed by atoms with Gasteiger partial charge in [-0.2, -0.15) is 5.26 Å². The van der Waals surface area contributed by atoms with E-state index < -0.39 is 7.26 Å². The van der Waals surface area contributed by atoms with Crippen LogP contribution in [0.2, 0.25) is 0 Å². The summed E-state index contributed by atoms with van der Waals surface area (Å²) in [6.07, 6.45) is 2.16. The van der Waals surface area contributed by atoms with E-state index in [2.05, 4.69) is 33.5 Å². The molecule has 0 rings (SSSR count). The minimum atomic E-state index is -1.21. The number of hydrogen-bond donors (Lipinski definition) is 0. The van der Waals surface area contributed by atoms with Crippen LogP contribution in [0.15, 0.2) is 0 Å². The van der Waals surface area contributed by atoms with Crippen molar-refractivity contribution in [1.82, 2.24) is 0 Å². The van der Waals surface area contributed by atoms with Gasteiger partial charge in [0, 0.05) is 0 Å². The molecule has 0 aromatic rings. The van der Waals surface area contributed by atoms with Crippen molar-refractivity contribution in [3.63, 3.8) is 0 Å². The molecule has 0 atom stereocenters. The van der Waals surface area contributed by atoms with Crippen molar-refractivity contribution >= 4 is 7.26 Å². The molecule has 0 spiro atoms. The highest BCUT2D eigenvalue weighted by Crippen LogP contribution is 2.61. The number of hydrogen-bond acceptors (Lipinski definition) is 1. The van der Waals surface area contributed by atoms with Gasteiger partial charge in [0.1, 0.15) is 7.26 Å². The number of nitrogens with zero attached hydrogens (tertiary/aromatic N) is 1. The Morgan fingerprint density at radius 1 is 1.30 bits per heavy atom. The van der Waals surface area contributed by atoms with Crippen molar-refractivity contribution < 1.29 is 0 Å². The lowest BCUT2D eigenvalue weighted by Crippen LogP contribution is -2.08. The van der Waals surface area contributed by atoms with Gasteiger partial charge in [0.25, 0.3) is 0 Å². The maximum atomic E-state index is 8.95. The van der Waals surface area contributed by atoms with Gasteiger partial charge in [-0.3, -0.25) is 0 Å². The lowest BCUT2D eigenvalue weighted by molar-refractivity contribution is 1.06. The first-order valence-corrected chi connectivity index (χ1v) is 6.14. The zero-order valence-corrected chi connectivity index (χ0v) is 8.28. The average Bonchev–Trinajstić information content (AvgIpc) is 1.92. The molecule has 0 heterocycles. The molecule has 0 fully saturated rings. The number of nitriles is 1. The molecule has 10 heavy (non-hydrogen) atoms. The molecule has 0 aliphatic rings. The summed E-state index contributed by atoms with van der Waals surface area (Å²) < 4.78 is 0. The Balaban J connectivity index is 4.35. The molecule has 0 aliphatic heterocycles. The molecule has 0 aromatic carbocycles. The van der Waals surface area contributed by atoms with Crippen LogP contribution in [0.1, 0.15) is 27.7 Å². The third kappa shape index (κ3) is 1.70. The predicted molar refractivity (Wildman–Crippen MR) is 48.8 cm³/mol. The first-order valence-electron chi connectivity index (χ1n) is 3.91. The first kappa shape index (κ1) is 9.92. The molecule has 58 valence electrons. The molecule has 0 amide bonds. The van der Waals surface area contributed by atoms with Crippen LogP contribution >= 0.6 is 7.26 Å². The van der Waals surface area contributed by atoms with Gasteiger partial charge in [0.05, 0.1) is 18.0 Å². The van der Waals surface area contributed by atoms with Crippen molar-refractivity contribution in [1.29, 1.82) is 5.26 Å². The highest BCUT2D eigenvalue weighted by Gasteiger charge is 2.37. The zero-order valence-electron chi connectivity index (χ0n) is 7.39. The smallest absolute Gasteiger partial charge is 0.152 e. The largest absolute Gasteiger partial charge is 0.238 e. The molecule has 1 nitrogen and oxygen atoms in total. The second-order valence-electron chi connectivity index (χ2n) is 2.86. The Bertz CT molecular complexity index is 131. The average molecular weight is 158 g/mol. The van der Waals surface area contributed by atoms with Gasteiger partial charge in [-0.05, 0) is 27.7 Å². The third-order valence-corrected chi connectivity index (χ3v) is 6.95. The molecule has 0 radical (unpaired) electrons. The fraction of sp³-hybridized carbons (Fsp3) is 0.875. The summed E-state index contributed by atoms with van der Waals surface area (Å²) in [6, 6.07) is 0. The minimum absolute atomic E-state index is 0.590. The highest BCUT2D eigenvalue weighted by molar-refractivity contribution is 7.80. The van der Waals surface area contributed by atoms with Crippen LogP contribution in [0.25, 0.3) is 0 Å². The first-order chi connectivity index (χ1) is 4.63. The summed E-state index contributed by atoms with van der Waals surface area (Å²) in [7, 11) is -1.21. The van der Waals surface area contributed by atoms with Crippen molar-refractivity contribution in [3.05, 3.63) is 0 Å². The van der Waals surface area contributed by atoms with Crippen molar-refractivity contribution in [2.45, 2.75) is 33.4 Å². The van der Waals surface area contributed by atoms with E-state index in [1.165, 1.54) is 0 Å². The van der Waals surface area contributed by atoms with Gasteiger partial charge in [0.2, 0.25) is 5.81 Å². The monoisotopic (exact) mass is 158 g/mol. The van der Waals surface area contributed by atoms with Crippen molar-refractivity contribution in [2.75, 3.05) is 12.3 Å². The van der Waals surface area contributed by atoms with E-state index in [1.54, 1.807) is 0 Å². The minimum Gasteiger partial charge on any atom is -0.152 e. The SMILES string of the molecule is CC[P+](C#N)(CC)C(C)C. The molecular weight excluding hydrogens is 141 g/mol. The summed E-state index contributed by atoms with van der Waals surface area (Å²) >= 11 is 0. The molecular formula is C8H17NP+. The molecule has 0 saturated carbocycles. The predicted octanol–water partition coefficient (Wildman–Crippen LogP) is 2.93. The molecule has 0 N–H and O–H groups in total. The van der Waals surface area contributed by atoms with Gasteiger partial charge in [0.15, 0.2) is 0 Å². The normalized spacial score (nSPS) is 11.6. The molecule has 0 unspecified atom stereocenters. The molecule has 0 saturated heterocycles. The lowest BCUT2D eigenvalue weighted by atomic mass is 10.6. The van der Waals surface area contributed by atoms with E-state index in [0.717, 1.165) is 12.3 Å². The maximum absolute atomic E-state index is 8.95. The van der Waals surface area contributed by atoms with Crippen LogP contribution in [-0.2, 0) is 0 Å². The van der Waals surface area contributed by atoms with E-state index in [1.807, 2.05) is 0 Å². The highest BCUT2D eigenvalue weighted by atomic mass is 31.2. The van der Waals surface area contributed by atoms with Crippen LogP contribution in [-0.4, -0.2) is 18.0 Å². The third-order valence-electron chi connectivity index (χ3n) is 2.32. The quantitative estimate of drug-likeness (QED) is 0.579.